The van der Waals surface area contributed by atoms with E-state index in [9.17, 15) is 4.79 Å². The third-order valence-electron chi connectivity index (χ3n) is 4.05. The van der Waals surface area contributed by atoms with Gasteiger partial charge in [0.1, 0.15) is 0 Å². The number of hydrogen-bond donors (Lipinski definition) is 1. The molecular formula is C15H19ClN6OS. The number of carbonyl (C=O) groups excluding carboxylic acids is 1. The molecule has 1 saturated carbocycles. The predicted octanol–water partition coefficient (Wildman–Crippen LogP) is 3.35. The first-order valence-corrected chi connectivity index (χ1v) is 9.27. The van der Waals surface area contributed by atoms with Gasteiger partial charge in [-0.05, 0) is 42.3 Å². The average Bonchev–Trinajstić information content (AvgIpc) is 3.05. The van der Waals surface area contributed by atoms with Crippen molar-refractivity contribution < 1.29 is 4.79 Å². The zero-order chi connectivity index (χ0) is 16.9. The third-order valence-corrected chi connectivity index (χ3v) is 5.40. The van der Waals surface area contributed by atoms with E-state index >= 15 is 0 Å². The number of amides is 1. The first-order chi connectivity index (χ1) is 11.6. The van der Waals surface area contributed by atoms with Gasteiger partial charge in [0.25, 0.3) is 0 Å². The second kappa shape index (κ2) is 7.94. The number of nitrogens with one attached hydrogen (secondary N) is 1. The van der Waals surface area contributed by atoms with Crippen LogP contribution in [0.3, 0.4) is 0 Å². The summed E-state index contributed by atoms with van der Waals surface area (Å²) in [4.78, 5) is 16.3. The molecule has 1 unspecified atom stereocenters. The Balaban J connectivity index is 1.64. The van der Waals surface area contributed by atoms with Crippen LogP contribution in [-0.2, 0) is 4.79 Å². The van der Waals surface area contributed by atoms with Crippen LogP contribution in [0.15, 0.2) is 23.5 Å². The van der Waals surface area contributed by atoms with Gasteiger partial charge in [-0.25, -0.2) is 9.67 Å². The van der Waals surface area contributed by atoms with Crippen molar-refractivity contribution in [2.45, 2.75) is 55.5 Å². The number of nitrogens with zero attached hydrogens (tertiary/aromatic N) is 5. The molecule has 1 aliphatic rings. The van der Waals surface area contributed by atoms with Crippen molar-refractivity contribution >= 4 is 35.0 Å². The number of halogens is 1. The van der Waals surface area contributed by atoms with Gasteiger partial charge in [-0.2, -0.15) is 0 Å². The van der Waals surface area contributed by atoms with E-state index in [2.05, 4.69) is 25.8 Å². The SMILES string of the molecule is CC(Sc1nnnn1C1CCCCC1)C(=O)Nc1cccnc1Cl. The lowest BCUT2D eigenvalue weighted by atomic mass is 9.96. The van der Waals surface area contributed by atoms with Crippen molar-refractivity contribution in [2.24, 2.45) is 0 Å². The van der Waals surface area contributed by atoms with Crippen LogP contribution in [0, 0.1) is 0 Å². The largest absolute Gasteiger partial charge is 0.322 e. The first-order valence-electron chi connectivity index (χ1n) is 8.01. The topological polar surface area (TPSA) is 85.6 Å². The Morgan fingerprint density at radius 3 is 2.96 bits per heavy atom. The van der Waals surface area contributed by atoms with Gasteiger partial charge in [0.2, 0.25) is 11.1 Å². The molecule has 128 valence electrons. The summed E-state index contributed by atoms with van der Waals surface area (Å²) in [6, 6.07) is 3.78. The fraction of sp³-hybridized carbons (Fsp3) is 0.533. The summed E-state index contributed by atoms with van der Waals surface area (Å²) in [5.74, 6) is -0.159. The Kier molecular flexibility index (Phi) is 5.68. The predicted molar refractivity (Wildman–Crippen MR) is 93.1 cm³/mol. The maximum Gasteiger partial charge on any atom is 0.237 e. The quantitative estimate of drug-likeness (QED) is 0.645. The van der Waals surface area contributed by atoms with Crippen LogP contribution in [-0.4, -0.2) is 36.3 Å². The van der Waals surface area contributed by atoms with Gasteiger partial charge in [-0.3, -0.25) is 4.79 Å². The number of hydrogen-bond acceptors (Lipinski definition) is 6. The molecule has 1 fully saturated rings. The summed E-state index contributed by atoms with van der Waals surface area (Å²) < 4.78 is 1.87. The summed E-state index contributed by atoms with van der Waals surface area (Å²) in [5, 5.41) is 15.4. The Hall–Kier alpha value is -1.67. The minimum Gasteiger partial charge on any atom is -0.322 e. The molecule has 1 aliphatic carbocycles. The van der Waals surface area contributed by atoms with Crippen LogP contribution in [0.2, 0.25) is 5.15 Å². The lowest BCUT2D eigenvalue weighted by Crippen LogP contribution is -2.24. The molecule has 2 heterocycles. The van der Waals surface area contributed by atoms with Crippen LogP contribution in [0.5, 0.6) is 0 Å². The van der Waals surface area contributed by atoms with E-state index in [0.29, 0.717) is 16.9 Å². The van der Waals surface area contributed by atoms with Crippen molar-refractivity contribution in [3.63, 3.8) is 0 Å². The van der Waals surface area contributed by atoms with Gasteiger partial charge in [-0.15, -0.1) is 5.10 Å². The molecule has 7 nitrogen and oxygen atoms in total. The highest BCUT2D eigenvalue weighted by Gasteiger charge is 2.24. The summed E-state index contributed by atoms with van der Waals surface area (Å²) in [6.45, 7) is 1.82. The number of aromatic nitrogens is 5. The highest BCUT2D eigenvalue weighted by molar-refractivity contribution is 8.00. The van der Waals surface area contributed by atoms with E-state index in [-0.39, 0.29) is 16.3 Å². The van der Waals surface area contributed by atoms with Crippen LogP contribution in [0.25, 0.3) is 0 Å². The smallest absolute Gasteiger partial charge is 0.237 e. The Morgan fingerprint density at radius 2 is 2.21 bits per heavy atom. The van der Waals surface area contributed by atoms with Gasteiger partial charge >= 0.3 is 0 Å². The molecule has 2 aromatic rings. The minimum atomic E-state index is -0.352. The Labute approximate surface area is 149 Å². The second-order valence-electron chi connectivity index (χ2n) is 5.79. The van der Waals surface area contributed by atoms with Gasteiger partial charge in [0.05, 0.1) is 17.0 Å². The maximum atomic E-state index is 12.4. The molecule has 0 radical (unpaired) electrons. The van der Waals surface area contributed by atoms with Crippen molar-refractivity contribution in [2.75, 3.05) is 5.32 Å². The molecule has 0 aromatic carbocycles. The molecule has 1 amide bonds. The normalized spacial score (nSPS) is 16.8. The number of rotatable bonds is 5. The lowest BCUT2D eigenvalue weighted by Gasteiger charge is -2.22. The molecule has 1 atom stereocenters. The van der Waals surface area contributed by atoms with E-state index in [1.165, 1.54) is 31.0 Å². The van der Waals surface area contributed by atoms with Crippen molar-refractivity contribution in [1.82, 2.24) is 25.2 Å². The number of carbonyl (C=O) groups is 1. The average molecular weight is 367 g/mol. The molecule has 0 spiro atoms. The summed E-state index contributed by atoms with van der Waals surface area (Å²) in [5.41, 5.74) is 0.503. The maximum absolute atomic E-state index is 12.4. The molecular weight excluding hydrogens is 348 g/mol. The molecule has 2 aromatic heterocycles. The fourth-order valence-corrected chi connectivity index (χ4v) is 3.77. The van der Waals surface area contributed by atoms with E-state index in [0.717, 1.165) is 12.8 Å². The van der Waals surface area contributed by atoms with Crippen molar-refractivity contribution in [3.05, 3.63) is 23.5 Å². The van der Waals surface area contributed by atoms with Crippen LogP contribution < -0.4 is 5.32 Å². The Bertz CT molecular complexity index is 703. The lowest BCUT2D eigenvalue weighted by molar-refractivity contribution is -0.115. The van der Waals surface area contributed by atoms with Crippen molar-refractivity contribution in [3.8, 4) is 0 Å². The number of anilines is 1. The number of pyridine rings is 1. The van der Waals surface area contributed by atoms with Crippen LogP contribution in [0.4, 0.5) is 5.69 Å². The molecule has 0 bridgehead atoms. The van der Waals surface area contributed by atoms with Gasteiger partial charge < -0.3 is 5.32 Å². The zero-order valence-electron chi connectivity index (χ0n) is 13.4. The van der Waals surface area contributed by atoms with E-state index in [4.69, 9.17) is 11.6 Å². The second-order valence-corrected chi connectivity index (χ2v) is 7.45. The first kappa shape index (κ1) is 17.2. The molecule has 9 heteroatoms. The highest BCUT2D eigenvalue weighted by Crippen LogP contribution is 2.31. The summed E-state index contributed by atoms with van der Waals surface area (Å²) in [7, 11) is 0. The molecule has 24 heavy (non-hydrogen) atoms. The number of tetrazole rings is 1. The van der Waals surface area contributed by atoms with E-state index in [1.807, 2.05) is 11.6 Å². The molecule has 0 aliphatic heterocycles. The summed E-state index contributed by atoms with van der Waals surface area (Å²) in [6.07, 6.45) is 7.42. The Morgan fingerprint density at radius 1 is 1.42 bits per heavy atom. The van der Waals surface area contributed by atoms with Gasteiger partial charge in [0.15, 0.2) is 5.15 Å². The van der Waals surface area contributed by atoms with E-state index in [1.54, 1.807) is 18.3 Å². The monoisotopic (exact) mass is 366 g/mol. The molecule has 3 rings (SSSR count). The third kappa shape index (κ3) is 4.05. The van der Waals surface area contributed by atoms with Gasteiger partial charge in [0, 0.05) is 6.20 Å². The molecule has 1 N–H and O–H groups in total. The standard InChI is InChI=1S/C15H19ClN6OS/c1-10(14(23)18-12-8-5-9-17-13(12)16)24-15-19-20-21-22(15)11-6-3-2-4-7-11/h5,8-11H,2-4,6-7H2,1H3,(H,18,23). The van der Waals surface area contributed by atoms with Crippen molar-refractivity contribution in [1.29, 1.82) is 0 Å². The van der Waals surface area contributed by atoms with Crippen LogP contribution in [0.1, 0.15) is 45.1 Å². The number of thioether (sulfide) groups is 1. The zero-order valence-corrected chi connectivity index (χ0v) is 14.9. The minimum absolute atomic E-state index is 0.159. The van der Waals surface area contributed by atoms with Crippen LogP contribution >= 0.6 is 23.4 Å². The summed E-state index contributed by atoms with van der Waals surface area (Å²) >= 11 is 7.33. The van der Waals surface area contributed by atoms with E-state index < -0.39 is 0 Å². The highest BCUT2D eigenvalue weighted by atomic mass is 35.5. The fourth-order valence-electron chi connectivity index (χ4n) is 2.74. The molecule has 0 saturated heterocycles. The van der Waals surface area contributed by atoms with Gasteiger partial charge in [-0.1, -0.05) is 42.6 Å².